The molecule has 0 amide bonds. The molecule has 1 aliphatic carbocycles. The van der Waals surface area contributed by atoms with Gasteiger partial charge >= 0.3 is 6.18 Å². The van der Waals surface area contributed by atoms with Crippen LogP contribution in [0.25, 0.3) is 0 Å². The summed E-state index contributed by atoms with van der Waals surface area (Å²) >= 11 is 0. The van der Waals surface area contributed by atoms with Gasteiger partial charge in [-0.25, -0.2) is 13.2 Å². The van der Waals surface area contributed by atoms with Gasteiger partial charge in [-0.2, -0.15) is 13.2 Å². The molecule has 0 N–H and O–H groups in total. The highest BCUT2D eigenvalue weighted by atomic mass is 19.4. The van der Waals surface area contributed by atoms with E-state index in [1.165, 1.54) is 0 Å². The molecule has 1 saturated carbocycles. The molecule has 1 fully saturated rings. The molecular weight excluding hydrogens is 566 g/mol. The molecule has 0 radical (unpaired) electrons. The third kappa shape index (κ3) is 10.5. The number of carbonyl (C=O) groups excluding carboxylic acids is 1. The lowest BCUT2D eigenvalue weighted by molar-refractivity contribution is -0.137. The Morgan fingerprint density at radius 1 is 0.698 bits per heavy atom. The average molecular weight is 605 g/mol. The number of ether oxygens (including phenoxy) is 1. The van der Waals surface area contributed by atoms with Crippen molar-refractivity contribution in [3.05, 3.63) is 106 Å². The molecule has 2 nitrogen and oxygen atoms in total. The lowest BCUT2D eigenvalue weighted by Crippen LogP contribution is -2.23. The molecule has 0 bridgehead atoms. The van der Waals surface area contributed by atoms with Crippen LogP contribution >= 0.6 is 0 Å². The largest absolute Gasteiger partial charge is 0.416 e. The van der Waals surface area contributed by atoms with E-state index in [0.717, 1.165) is 92.3 Å². The minimum atomic E-state index is -4.30. The first-order valence-electron chi connectivity index (χ1n) is 15.1. The van der Waals surface area contributed by atoms with E-state index in [2.05, 4.69) is 0 Å². The molecule has 0 spiro atoms. The van der Waals surface area contributed by atoms with E-state index in [-0.39, 0.29) is 11.9 Å². The molecule has 8 heteroatoms. The number of hydrogen-bond donors (Lipinski definition) is 0. The van der Waals surface area contributed by atoms with Crippen molar-refractivity contribution in [3.63, 3.8) is 0 Å². The minimum Gasteiger partial charge on any atom is -0.378 e. The number of rotatable bonds is 14. The van der Waals surface area contributed by atoms with E-state index in [1.807, 2.05) is 24.3 Å². The third-order valence-electron chi connectivity index (χ3n) is 8.34. The summed E-state index contributed by atoms with van der Waals surface area (Å²) in [4.78, 5) is 12.3. The number of alkyl halides is 3. The van der Waals surface area contributed by atoms with Gasteiger partial charge in [-0.15, -0.1) is 0 Å². The maximum Gasteiger partial charge on any atom is 0.416 e. The number of carbonyl (C=O) groups is 1. The van der Waals surface area contributed by atoms with Crippen molar-refractivity contribution in [2.45, 2.75) is 89.3 Å². The second-order valence-electron chi connectivity index (χ2n) is 11.6. The van der Waals surface area contributed by atoms with Gasteiger partial charge < -0.3 is 4.74 Å². The number of hydrogen-bond acceptors (Lipinski definition) is 2. The van der Waals surface area contributed by atoms with Crippen LogP contribution in [0.15, 0.2) is 60.7 Å². The minimum absolute atomic E-state index is 0.162. The highest BCUT2D eigenvalue weighted by Crippen LogP contribution is 2.31. The zero-order chi connectivity index (χ0) is 30.8. The molecule has 1 aliphatic rings. The van der Waals surface area contributed by atoms with Crippen molar-refractivity contribution in [1.82, 2.24) is 0 Å². The van der Waals surface area contributed by atoms with Crippen LogP contribution in [0.3, 0.4) is 0 Å². The van der Waals surface area contributed by atoms with E-state index in [1.54, 1.807) is 12.1 Å². The van der Waals surface area contributed by atoms with Gasteiger partial charge in [-0.3, -0.25) is 4.79 Å². The molecule has 0 atom stereocenters. The molecule has 232 valence electrons. The fraction of sp³-hybridized carbons (Fsp3) is 0.457. The summed E-state index contributed by atoms with van der Waals surface area (Å²) in [5, 5.41) is 0. The van der Waals surface area contributed by atoms with Gasteiger partial charge in [0.05, 0.1) is 18.3 Å². The SMILES string of the molecule is O=C(CCCc1ccc(CCc2cc(F)c(F)c(F)c2)cc1)CCOC1CCC(CCc2ccc(C(F)(F)F)cc2)CC1. The van der Waals surface area contributed by atoms with Gasteiger partial charge in [0.25, 0.3) is 0 Å². The van der Waals surface area contributed by atoms with Crippen molar-refractivity contribution in [1.29, 1.82) is 0 Å². The zero-order valence-electron chi connectivity index (χ0n) is 24.2. The van der Waals surface area contributed by atoms with Gasteiger partial charge in [0, 0.05) is 12.8 Å². The van der Waals surface area contributed by atoms with Gasteiger partial charge in [0.1, 0.15) is 5.78 Å². The van der Waals surface area contributed by atoms with Gasteiger partial charge in [-0.05, 0) is 117 Å². The normalized spacial score (nSPS) is 17.3. The Kier molecular flexibility index (Phi) is 11.9. The molecule has 0 unspecified atom stereocenters. The van der Waals surface area contributed by atoms with Crippen molar-refractivity contribution >= 4 is 5.78 Å². The van der Waals surface area contributed by atoms with E-state index < -0.39 is 29.2 Å². The Hall–Kier alpha value is -3.13. The van der Waals surface area contributed by atoms with Crippen molar-refractivity contribution in [3.8, 4) is 0 Å². The van der Waals surface area contributed by atoms with E-state index >= 15 is 0 Å². The molecule has 0 saturated heterocycles. The molecule has 0 aromatic heterocycles. The quantitative estimate of drug-likeness (QED) is 0.135. The zero-order valence-corrected chi connectivity index (χ0v) is 24.2. The van der Waals surface area contributed by atoms with Gasteiger partial charge in [0.2, 0.25) is 0 Å². The first-order valence-corrected chi connectivity index (χ1v) is 15.1. The summed E-state index contributed by atoms with van der Waals surface area (Å²) in [5.41, 5.74) is 2.84. The monoisotopic (exact) mass is 604 g/mol. The van der Waals surface area contributed by atoms with Crippen LogP contribution in [-0.2, 0) is 41.4 Å². The Balaban J connectivity index is 1.05. The molecular formula is C35H38F6O2. The highest BCUT2D eigenvalue weighted by molar-refractivity contribution is 5.78. The van der Waals surface area contributed by atoms with Crippen LogP contribution in [0.1, 0.15) is 79.2 Å². The molecule has 4 rings (SSSR count). The van der Waals surface area contributed by atoms with Crippen molar-refractivity contribution < 1.29 is 35.9 Å². The number of ketones is 1. The van der Waals surface area contributed by atoms with Crippen LogP contribution < -0.4 is 0 Å². The lowest BCUT2D eigenvalue weighted by Gasteiger charge is -2.28. The van der Waals surface area contributed by atoms with Gasteiger partial charge in [-0.1, -0.05) is 36.4 Å². The molecule has 3 aromatic carbocycles. The first-order chi connectivity index (χ1) is 20.6. The molecule has 3 aromatic rings. The van der Waals surface area contributed by atoms with Crippen LogP contribution in [0.2, 0.25) is 0 Å². The predicted octanol–water partition coefficient (Wildman–Crippen LogP) is 9.40. The van der Waals surface area contributed by atoms with Crippen molar-refractivity contribution in [2.75, 3.05) is 6.61 Å². The van der Waals surface area contributed by atoms with Crippen LogP contribution in [-0.4, -0.2) is 18.5 Å². The highest BCUT2D eigenvalue weighted by Gasteiger charge is 2.30. The Morgan fingerprint density at radius 2 is 1.23 bits per heavy atom. The maximum atomic E-state index is 13.4. The number of aryl methyl sites for hydroxylation is 4. The maximum absolute atomic E-state index is 13.4. The Bertz CT molecular complexity index is 1290. The average Bonchev–Trinajstić information content (AvgIpc) is 2.99. The Morgan fingerprint density at radius 3 is 1.84 bits per heavy atom. The van der Waals surface area contributed by atoms with Crippen molar-refractivity contribution in [2.24, 2.45) is 5.92 Å². The first kappa shape index (κ1) is 32.8. The summed E-state index contributed by atoms with van der Waals surface area (Å²) in [7, 11) is 0. The number of Topliss-reactive ketones (excluding diaryl/α,β-unsaturated/α-hetero) is 1. The molecule has 0 heterocycles. The number of halogens is 6. The van der Waals surface area contributed by atoms with Crippen LogP contribution in [0.4, 0.5) is 26.3 Å². The molecule has 0 aliphatic heterocycles. The topological polar surface area (TPSA) is 26.3 Å². The summed E-state index contributed by atoms with van der Waals surface area (Å²) in [6, 6.07) is 15.4. The summed E-state index contributed by atoms with van der Waals surface area (Å²) in [6.45, 7) is 0.427. The fourth-order valence-electron chi connectivity index (χ4n) is 5.69. The summed E-state index contributed by atoms with van der Waals surface area (Å²) in [6.07, 6.45) is 4.92. The second kappa shape index (κ2) is 15.6. The predicted molar refractivity (Wildman–Crippen MR) is 154 cm³/mol. The van der Waals surface area contributed by atoms with E-state index in [9.17, 15) is 31.1 Å². The third-order valence-corrected chi connectivity index (χ3v) is 8.34. The summed E-state index contributed by atoms with van der Waals surface area (Å²) < 4.78 is 84.1. The smallest absolute Gasteiger partial charge is 0.378 e. The van der Waals surface area contributed by atoms with Crippen LogP contribution in [0.5, 0.6) is 0 Å². The molecule has 43 heavy (non-hydrogen) atoms. The van der Waals surface area contributed by atoms with E-state index in [4.69, 9.17) is 4.74 Å². The summed E-state index contributed by atoms with van der Waals surface area (Å²) in [5.74, 6) is -3.08. The van der Waals surface area contributed by atoms with Crippen LogP contribution in [0, 0.1) is 23.4 Å². The fourth-order valence-corrected chi connectivity index (χ4v) is 5.69. The second-order valence-corrected chi connectivity index (χ2v) is 11.6. The Labute approximate surface area is 249 Å². The lowest BCUT2D eigenvalue weighted by atomic mass is 9.83. The standard InChI is InChI=1S/C35H38F6O2/c36-32-22-28(23-33(37)34(32)38)11-10-25-6-4-24(5-7-25)2-1-3-30(42)20-21-43-31-18-14-27(15-19-31)9-8-26-12-16-29(17-13-26)35(39,40)41/h4-7,12-13,16-17,22-23,27,31H,1-3,8-11,14-15,18-21H2. The number of benzene rings is 3. The van der Waals surface area contributed by atoms with E-state index in [0.29, 0.717) is 43.8 Å². The van der Waals surface area contributed by atoms with Gasteiger partial charge in [0.15, 0.2) is 17.5 Å².